The van der Waals surface area contributed by atoms with E-state index < -0.39 is 0 Å². The van der Waals surface area contributed by atoms with Gasteiger partial charge < -0.3 is 4.74 Å². The standard InChI is InChI=1S/C15H22O2/c1-15(2,3)14(16)17-13-8-9-7-12(13)11-6-4-5-10(9)11/h4,6,9-13H,5,7-8H2,1-3H3/t9-,10-,11-,12-,13-/m1/s1. The summed E-state index contributed by atoms with van der Waals surface area (Å²) >= 11 is 0. The Kier molecular flexibility index (Phi) is 2.39. The quantitative estimate of drug-likeness (QED) is 0.514. The molecule has 2 fully saturated rings. The van der Waals surface area contributed by atoms with E-state index in [4.69, 9.17) is 4.74 Å². The molecule has 3 aliphatic carbocycles. The van der Waals surface area contributed by atoms with E-state index in [1.165, 1.54) is 12.8 Å². The van der Waals surface area contributed by atoms with Crippen LogP contribution in [0.25, 0.3) is 0 Å². The zero-order valence-corrected chi connectivity index (χ0v) is 11.0. The summed E-state index contributed by atoms with van der Waals surface area (Å²) in [5.41, 5.74) is -0.368. The molecule has 0 saturated heterocycles. The number of allylic oxidation sites excluding steroid dienone is 2. The van der Waals surface area contributed by atoms with Crippen molar-refractivity contribution in [2.24, 2.45) is 29.1 Å². The lowest BCUT2D eigenvalue weighted by atomic mass is 9.80. The predicted molar refractivity (Wildman–Crippen MR) is 66.3 cm³/mol. The van der Waals surface area contributed by atoms with Crippen molar-refractivity contribution in [2.45, 2.75) is 46.1 Å². The van der Waals surface area contributed by atoms with Crippen LogP contribution in [0.2, 0.25) is 0 Å². The van der Waals surface area contributed by atoms with Crippen molar-refractivity contribution in [2.75, 3.05) is 0 Å². The van der Waals surface area contributed by atoms with E-state index in [9.17, 15) is 4.79 Å². The summed E-state index contributed by atoms with van der Waals surface area (Å²) in [5.74, 6) is 2.94. The van der Waals surface area contributed by atoms with Crippen molar-refractivity contribution < 1.29 is 9.53 Å². The number of fused-ring (bicyclic) bond motifs is 5. The van der Waals surface area contributed by atoms with Crippen molar-refractivity contribution >= 4 is 5.97 Å². The highest BCUT2D eigenvalue weighted by Crippen LogP contribution is 2.57. The Bertz CT molecular complexity index is 364. The topological polar surface area (TPSA) is 26.3 Å². The van der Waals surface area contributed by atoms with Gasteiger partial charge in [-0.15, -0.1) is 0 Å². The lowest BCUT2D eigenvalue weighted by molar-refractivity contribution is -0.162. The third-order valence-electron chi connectivity index (χ3n) is 4.82. The summed E-state index contributed by atoms with van der Waals surface area (Å²) in [5, 5.41) is 0. The van der Waals surface area contributed by atoms with Crippen LogP contribution in [0.1, 0.15) is 40.0 Å². The van der Waals surface area contributed by atoms with Crippen LogP contribution in [0.4, 0.5) is 0 Å². The third-order valence-corrected chi connectivity index (χ3v) is 4.82. The molecule has 5 atom stereocenters. The number of ether oxygens (including phenoxy) is 1. The molecule has 2 nitrogen and oxygen atoms in total. The number of carbonyl (C=O) groups is 1. The second-order valence-corrected chi connectivity index (χ2v) is 6.99. The normalized spacial score (nSPS) is 42.9. The lowest BCUT2D eigenvalue weighted by Crippen LogP contribution is -2.35. The van der Waals surface area contributed by atoms with Crippen LogP contribution in [-0.4, -0.2) is 12.1 Å². The van der Waals surface area contributed by atoms with Crippen molar-refractivity contribution in [3.05, 3.63) is 12.2 Å². The van der Waals surface area contributed by atoms with Crippen LogP contribution >= 0.6 is 0 Å². The molecule has 94 valence electrons. The zero-order valence-electron chi connectivity index (χ0n) is 11.0. The third kappa shape index (κ3) is 1.73. The predicted octanol–water partition coefficient (Wildman–Crippen LogP) is 3.18. The summed E-state index contributed by atoms with van der Waals surface area (Å²) in [7, 11) is 0. The van der Waals surface area contributed by atoms with E-state index >= 15 is 0 Å². The maximum Gasteiger partial charge on any atom is 0.311 e. The molecule has 0 amide bonds. The summed E-state index contributed by atoms with van der Waals surface area (Å²) < 4.78 is 5.75. The van der Waals surface area contributed by atoms with Crippen LogP contribution in [0.15, 0.2) is 12.2 Å². The Labute approximate surface area is 103 Å². The highest BCUT2D eigenvalue weighted by Gasteiger charge is 2.54. The van der Waals surface area contributed by atoms with E-state index in [0.29, 0.717) is 11.8 Å². The van der Waals surface area contributed by atoms with Crippen molar-refractivity contribution in [3.63, 3.8) is 0 Å². The van der Waals surface area contributed by atoms with E-state index in [1.54, 1.807) is 0 Å². The average Bonchev–Trinajstić information content (AvgIpc) is 2.85. The summed E-state index contributed by atoms with van der Waals surface area (Å²) in [6.07, 6.45) is 8.52. The molecule has 2 bridgehead atoms. The van der Waals surface area contributed by atoms with E-state index in [2.05, 4.69) is 12.2 Å². The van der Waals surface area contributed by atoms with Crippen molar-refractivity contribution in [1.29, 1.82) is 0 Å². The van der Waals surface area contributed by atoms with E-state index in [-0.39, 0.29) is 17.5 Å². The first-order valence-electron chi connectivity index (χ1n) is 6.84. The van der Waals surface area contributed by atoms with Gasteiger partial charge in [-0.3, -0.25) is 4.79 Å². The first-order chi connectivity index (χ1) is 7.97. The maximum absolute atomic E-state index is 11.9. The summed E-state index contributed by atoms with van der Waals surface area (Å²) in [4.78, 5) is 11.9. The van der Waals surface area contributed by atoms with Crippen LogP contribution in [0.3, 0.4) is 0 Å². The van der Waals surface area contributed by atoms with Gasteiger partial charge in [0.15, 0.2) is 0 Å². The number of esters is 1. The first-order valence-corrected chi connectivity index (χ1v) is 6.84. The first kappa shape index (κ1) is 11.3. The zero-order chi connectivity index (χ0) is 12.2. The van der Waals surface area contributed by atoms with E-state index in [0.717, 1.165) is 18.3 Å². The molecule has 0 N–H and O–H groups in total. The molecular weight excluding hydrogens is 212 g/mol. The molecule has 0 aromatic heterocycles. The summed E-state index contributed by atoms with van der Waals surface area (Å²) in [6.45, 7) is 5.79. The minimum atomic E-state index is -0.368. The minimum absolute atomic E-state index is 0.0337. The number of hydrogen-bond acceptors (Lipinski definition) is 2. The fraction of sp³-hybridized carbons (Fsp3) is 0.800. The molecular formula is C15H22O2. The highest BCUT2D eigenvalue weighted by molar-refractivity contribution is 5.75. The van der Waals surface area contributed by atoms with Gasteiger partial charge in [-0.25, -0.2) is 0 Å². The monoisotopic (exact) mass is 234 g/mol. The molecule has 0 unspecified atom stereocenters. The van der Waals surface area contributed by atoms with Crippen LogP contribution < -0.4 is 0 Å². The number of rotatable bonds is 1. The van der Waals surface area contributed by atoms with Crippen molar-refractivity contribution in [3.8, 4) is 0 Å². The lowest BCUT2D eigenvalue weighted by Gasteiger charge is -2.32. The Morgan fingerprint density at radius 1 is 1.24 bits per heavy atom. The van der Waals surface area contributed by atoms with Gasteiger partial charge in [0, 0.05) is 5.92 Å². The number of hydrogen-bond donors (Lipinski definition) is 0. The van der Waals surface area contributed by atoms with Gasteiger partial charge in [0.2, 0.25) is 0 Å². The molecule has 3 rings (SSSR count). The minimum Gasteiger partial charge on any atom is -0.462 e. The second kappa shape index (κ2) is 3.60. The van der Waals surface area contributed by atoms with Crippen LogP contribution in [-0.2, 0) is 9.53 Å². The van der Waals surface area contributed by atoms with Gasteiger partial charge in [-0.2, -0.15) is 0 Å². The van der Waals surface area contributed by atoms with Crippen LogP contribution in [0, 0.1) is 29.1 Å². The molecule has 0 aliphatic heterocycles. The maximum atomic E-state index is 11.9. The smallest absolute Gasteiger partial charge is 0.311 e. The fourth-order valence-electron chi connectivity index (χ4n) is 3.93. The van der Waals surface area contributed by atoms with Gasteiger partial charge >= 0.3 is 5.97 Å². The molecule has 17 heavy (non-hydrogen) atoms. The second-order valence-electron chi connectivity index (χ2n) is 6.99. The van der Waals surface area contributed by atoms with Gasteiger partial charge in [-0.1, -0.05) is 12.2 Å². The van der Waals surface area contributed by atoms with Gasteiger partial charge in [-0.05, 0) is 57.8 Å². The molecule has 0 aromatic carbocycles. The Morgan fingerprint density at radius 3 is 2.71 bits per heavy atom. The molecule has 0 spiro atoms. The Morgan fingerprint density at radius 2 is 2.00 bits per heavy atom. The Balaban J connectivity index is 1.68. The molecule has 2 saturated carbocycles. The largest absolute Gasteiger partial charge is 0.462 e. The SMILES string of the molecule is CC(C)(C)C(=O)O[C@@H]1C[C@H]2C[C@@H]1[C@@H]1C=CC[C@H]21. The average molecular weight is 234 g/mol. The Hall–Kier alpha value is -0.790. The summed E-state index contributed by atoms with van der Waals surface area (Å²) in [6, 6.07) is 0. The highest BCUT2D eigenvalue weighted by atomic mass is 16.5. The van der Waals surface area contributed by atoms with Crippen LogP contribution in [0.5, 0.6) is 0 Å². The van der Waals surface area contributed by atoms with Gasteiger partial charge in [0.25, 0.3) is 0 Å². The molecule has 3 aliphatic rings. The van der Waals surface area contributed by atoms with Crippen molar-refractivity contribution in [1.82, 2.24) is 0 Å². The molecule has 0 heterocycles. The molecule has 0 radical (unpaired) electrons. The molecule has 2 heteroatoms. The number of carbonyl (C=O) groups excluding carboxylic acids is 1. The fourth-order valence-corrected chi connectivity index (χ4v) is 3.93. The van der Waals surface area contributed by atoms with Gasteiger partial charge in [0.1, 0.15) is 6.10 Å². The van der Waals surface area contributed by atoms with E-state index in [1.807, 2.05) is 20.8 Å². The van der Waals surface area contributed by atoms with Gasteiger partial charge in [0.05, 0.1) is 5.41 Å². The molecule has 0 aromatic rings.